The Bertz CT molecular complexity index is 219. The molecule has 0 radical (unpaired) electrons. The number of amides is 1. The summed E-state index contributed by atoms with van der Waals surface area (Å²) >= 11 is 0. The van der Waals surface area contributed by atoms with Crippen molar-refractivity contribution in [3.8, 4) is 0 Å². The van der Waals surface area contributed by atoms with Gasteiger partial charge in [0.05, 0.1) is 6.04 Å². The van der Waals surface area contributed by atoms with Gasteiger partial charge in [-0.1, -0.05) is 13.3 Å². The van der Waals surface area contributed by atoms with Crippen molar-refractivity contribution in [1.29, 1.82) is 0 Å². The molecule has 6 heteroatoms. The Morgan fingerprint density at radius 1 is 1.24 bits per heavy atom. The van der Waals surface area contributed by atoms with Crippen molar-refractivity contribution < 1.29 is 18.0 Å². The van der Waals surface area contributed by atoms with Crippen LogP contribution in [-0.4, -0.2) is 31.2 Å². The van der Waals surface area contributed by atoms with E-state index in [1.165, 1.54) is 0 Å². The lowest BCUT2D eigenvalue weighted by Gasteiger charge is -2.14. The quantitative estimate of drug-likeness (QED) is 0.652. The molecule has 0 aliphatic rings. The molecule has 0 aromatic carbocycles. The maximum Gasteiger partial charge on any atom is 0.389 e. The smallest absolute Gasteiger partial charge is 0.355 e. The monoisotopic (exact) mass is 254 g/mol. The molecule has 0 saturated carbocycles. The normalized spacial score (nSPS) is 13.5. The van der Waals surface area contributed by atoms with Gasteiger partial charge in [0.25, 0.3) is 0 Å². The molecule has 0 heterocycles. The van der Waals surface area contributed by atoms with Gasteiger partial charge in [0, 0.05) is 13.0 Å². The molecule has 2 N–H and O–H groups in total. The van der Waals surface area contributed by atoms with E-state index >= 15 is 0 Å². The number of nitrogens with one attached hydrogen (secondary N) is 2. The van der Waals surface area contributed by atoms with E-state index in [9.17, 15) is 18.0 Å². The van der Waals surface area contributed by atoms with E-state index in [0.29, 0.717) is 6.54 Å². The summed E-state index contributed by atoms with van der Waals surface area (Å²) in [4.78, 5) is 11.4. The van der Waals surface area contributed by atoms with Crippen LogP contribution >= 0.6 is 0 Å². The number of carbonyl (C=O) groups excluding carboxylic acids is 1. The fourth-order valence-corrected chi connectivity index (χ4v) is 1.24. The van der Waals surface area contributed by atoms with Crippen LogP contribution in [0.4, 0.5) is 13.2 Å². The molecule has 1 amide bonds. The van der Waals surface area contributed by atoms with Crippen molar-refractivity contribution in [1.82, 2.24) is 10.6 Å². The Balaban J connectivity index is 3.57. The number of hydrogen-bond donors (Lipinski definition) is 2. The Morgan fingerprint density at radius 3 is 2.41 bits per heavy atom. The highest BCUT2D eigenvalue weighted by Crippen LogP contribution is 2.20. The predicted molar refractivity (Wildman–Crippen MR) is 60.7 cm³/mol. The number of hydrogen-bond acceptors (Lipinski definition) is 2. The van der Waals surface area contributed by atoms with Gasteiger partial charge < -0.3 is 10.6 Å². The number of rotatable bonds is 8. The van der Waals surface area contributed by atoms with Gasteiger partial charge in [0.2, 0.25) is 5.91 Å². The summed E-state index contributed by atoms with van der Waals surface area (Å²) in [6, 6.07) is -0.444. The average molecular weight is 254 g/mol. The second-order valence-corrected chi connectivity index (χ2v) is 4.04. The molecule has 0 fully saturated rings. The third kappa shape index (κ3) is 10.1. The Labute approximate surface area is 100 Å². The highest BCUT2D eigenvalue weighted by atomic mass is 19.4. The summed E-state index contributed by atoms with van der Waals surface area (Å²) in [6.45, 7) is 4.48. The van der Waals surface area contributed by atoms with Crippen molar-refractivity contribution in [2.24, 2.45) is 0 Å². The summed E-state index contributed by atoms with van der Waals surface area (Å²) in [5, 5.41) is 5.49. The average Bonchev–Trinajstić information content (AvgIpc) is 2.23. The van der Waals surface area contributed by atoms with Crippen LogP contribution in [0.3, 0.4) is 0 Å². The van der Waals surface area contributed by atoms with Gasteiger partial charge in [0.1, 0.15) is 0 Å². The van der Waals surface area contributed by atoms with E-state index in [1.807, 2.05) is 6.92 Å². The van der Waals surface area contributed by atoms with E-state index in [2.05, 4.69) is 10.6 Å². The first-order chi connectivity index (χ1) is 7.87. The minimum absolute atomic E-state index is 0.00389. The minimum Gasteiger partial charge on any atom is -0.355 e. The summed E-state index contributed by atoms with van der Waals surface area (Å²) in [6.07, 6.45) is -3.03. The molecule has 17 heavy (non-hydrogen) atoms. The van der Waals surface area contributed by atoms with Crippen LogP contribution in [0.15, 0.2) is 0 Å². The molecule has 1 atom stereocenters. The van der Waals surface area contributed by atoms with Gasteiger partial charge in [-0.3, -0.25) is 4.79 Å². The first kappa shape index (κ1) is 16.2. The number of unbranched alkanes of at least 4 members (excludes halogenated alkanes) is 1. The second-order valence-electron chi connectivity index (χ2n) is 4.04. The Kier molecular flexibility index (Phi) is 7.95. The molecule has 0 saturated heterocycles. The molecule has 3 nitrogen and oxygen atoms in total. The van der Waals surface area contributed by atoms with E-state index < -0.39 is 18.6 Å². The van der Waals surface area contributed by atoms with Gasteiger partial charge in [-0.05, 0) is 26.3 Å². The third-order valence-corrected chi connectivity index (χ3v) is 2.31. The van der Waals surface area contributed by atoms with Crippen molar-refractivity contribution >= 4 is 5.91 Å². The molecule has 1 unspecified atom stereocenters. The predicted octanol–water partition coefficient (Wildman–Crippen LogP) is 2.22. The van der Waals surface area contributed by atoms with E-state index in [0.717, 1.165) is 12.8 Å². The molecule has 0 aliphatic heterocycles. The molecule has 0 aromatic heterocycles. The molecule has 0 bridgehead atoms. The van der Waals surface area contributed by atoms with Crippen LogP contribution in [0, 0.1) is 0 Å². The topological polar surface area (TPSA) is 41.1 Å². The lowest BCUT2D eigenvalue weighted by molar-refractivity contribution is -0.135. The second kappa shape index (κ2) is 8.33. The highest BCUT2D eigenvalue weighted by molar-refractivity contribution is 5.81. The van der Waals surface area contributed by atoms with Crippen LogP contribution in [0.2, 0.25) is 0 Å². The molecule has 102 valence electrons. The number of alkyl halides is 3. The van der Waals surface area contributed by atoms with Gasteiger partial charge >= 0.3 is 6.18 Å². The van der Waals surface area contributed by atoms with Gasteiger partial charge in [-0.2, -0.15) is 13.2 Å². The fourth-order valence-electron chi connectivity index (χ4n) is 1.24. The van der Waals surface area contributed by atoms with Gasteiger partial charge in [0.15, 0.2) is 0 Å². The molecular formula is C11H21F3N2O. The number of carbonyl (C=O) groups is 1. The molecular weight excluding hydrogens is 233 g/mol. The van der Waals surface area contributed by atoms with E-state index in [1.54, 1.807) is 6.92 Å². The zero-order valence-corrected chi connectivity index (χ0v) is 10.4. The van der Waals surface area contributed by atoms with Crippen LogP contribution in [0.25, 0.3) is 0 Å². The summed E-state index contributed by atoms with van der Waals surface area (Å²) in [5.41, 5.74) is 0. The van der Waals surface area contributed by atoms with Crippen LogP contribution < -0.4 is 10.6 Å². The van der Waals surface area contributed by atoms with Gasteiger partial charge in [-0.25, -0.2) is 0 Å². The molecule has 0 rings (SSSR count). The summed E-state index contributed by atoms with van der Waals surface area (Å²) in [7, 11) is 0. The largest absolute Gasteiger partial charge is 0.389 e. The zero-order valence-electron chi connectivity index (χ0n) is 10.4. The maximum atomic E-state index is 11.8. The van der Waals surface area contributed by atoms with Crippen LogP contribution in [0.1, 0.15) is 39.5 Å². The summed E-state index contributed by atoms with van der Waals surface area (Å²) < 4.78 is 35.5. The Hall–Kier alpha value is -0.780. The standard InChI is InChI=1S/C11H21F3N2O/c1-3-4-7-16-10(17)9(2)15-8-5-6-11(12,13)14/h9,15H,3-8H2,1-2H3,(H,16,17). The molecule has 0 aliphatic carbocycles. The van der Waals surface area contributed by atoms with Crippen LogP contribution in [0.5, 0.6) is 0 Å². The fraction of sp³-hybridized carbons (Fsp3) is 0.909. The zero-order chi connectivity index (χ0) is 13.3. The van der Waals surface area contributed by atoms with Crippen molar-refractivity contribution in [3.05, 3.63) is 0 Å². The maximum absolute atomic E-state index is 11.8. The molecule has 0 spiro atoms. The summed E-state index contributed by atoms with van der Waals surface area (Å²) in [5.74, 6) is -0.162. The first-order valence-electron chi connectivity index (χ1n) is 5.94. The number of halogens is 3. The molecule has 0 aromatic rings. The lowest BCUT2D eigenvalue weighted by Crippen LogP contribution is -2.42. The highest BCUT2D eigenvalue weighted by Gasteiger charge is 2.26. The lowest BCUT2D eigenvalue weighted by atomic mass is 10.2. The van der Waals surface area contributed by atoms with Crippen molar-refractivity contribution in [2.75, 3.05) is 13.1 Å². The van der Waals surface area contributed by atoms with E-state index in [-0.39, 0.29) is 18.9 Å². The van der Waals surface area contributed by atoms with Crippen LogP contribution in [-0.2, 0) is 4.79 Å². The van der Waals surface area contributed by atoms with Crippen molar-refractivity contribution in [2.45, 2.75) is 51.7 Å². The van der Waals surface area contributed by atoms with Gasteiger partial charge in [-0.15, -0.1) is 0 Å². The first-order valence-corrected chi connectivity index (χ1v) is 5.94. The van der Waals surface area contributed by atoms with Crippen molar-refractivity contribution in [3.63, 3.8) is 0 Å². The third-order valence-electron chi connectivity index (χ3n) is 2.31. The SMILES string of the molecule is CCCCNC(=O)C(C)NCCCC(F)(F)F. The minimum atomic E-state index is -4.12. The Morgan fingerprint density at radius 2 is 1.88 bits per heavy atom. The van der Waals surface area contributed by atoms with E-state index in [4.69, 9.17) is 0 Å².